The van der Waals surface area contributed by atoms with E-state index in [-0.39, 0.29) is 0 Å². The van der Waals surface area contributed by atoms with Crippen LogP contribution in [0.5, 0.6) is 0 Å². The molecule has 1 atom stereocenters. The summed E-state index contributed by atoms with van der Waals surface area (Å²) in [5.41, 5.74) is 5.44. The van der Waals surface area contributed by atoms with Gasteiger partial charge in [0, 0.05) is 18.2 Å². The van der Waals surface area contributed by atoms with Gasteiger partial charge in [-0.05, 0) is 18.6 Å². The molecule has 11 heavy (non-hydrogen) atoms. The highest BCUT2D eigenvalue weighted by Gasteiger charge is 1.97. The zero-order chi connectivity index (χ0) is 8.53. The molecule has 0 saturated carbocycles. The second-order valence-electron chi connectivity index (χ2n) is 2.53. The Kier molecular flexibility index (Phi) is 7.76. The number of nitriles is 1. The van der Waals surface area contributed by atoms with Gasteiger partial charge in [-0.15, -0.1) is 0 Å². The summed E-state index contributed by atoms with van der Waals surface area (Å²) >= 11 is 1.89. The maximum absolute atomic E-state index is 8.24. The average Bonchev–Trinajstić information content (AvgIpc) is 2.04. The van der Waals surface area contributed by atoms with E-state index in [2.05, 4.69) is 13.0 Å². The van der Waals surface area contributed by atoms with E-state index < -0.39 is 0 Å². The molecule has 0 fully saturated rings. The van der Waals surface area contributed by atoms with Gasteiger partial charge in [-0.3, -0.25) is 0 Å². The minimum absolute atomic E-state index is 0.567. The van der Waals surface area contributed by atoms with E-state index >= 15 is 0 Å². The molecule has 2 nitrogen and oxygen atoms in total. The SMILES string of the molecule is CC(CN)SCCCCC#N. The van der Waals surface area contributed by atoms with Crippen molar-refractivity contribution in [3.05, 3.63) is 0 Å². The molecule has 0 aliphatic heterocycles. The Labute approximate surface area is 73.1 Å². The third-order valence-electron chi connectivity index (χ3n) is 1.42. The van der Waals surface area contributed by atoms with Crippen molar-refractivity contribution in [1.82, 2.24) is 0 Å². The van der Waals surface area contributed by atoms with Gasteiger partial charge < -0.3 is 5.73 Å². The van der Waals surface area contributed by atoms with Gasteiger partial charge in [0.2, 0.25) is 0 Å². The molecule has 0 aliphatic carbocycles. The first kappa shape index (κ1) is 10.8. The number of thioether (sulfide) groups is 1. The molecule has 0 saturated heterocycles. The van der Waals surface area contributed by atoms with Gasteiger partial charge >= 0.3 is 0 Å². The molecule has 0 aromatic rings. The molecule has 0 radical (unpaired) electrons. The van der Waals surface area contributed by atoms with Crippen LogP contribution < -0.4 is 5.73 Å². The molecule has 3 heteroatoms. The summed E-state index contributed by atoms with van der Waals surface area (Å²) in [6, 6.07) is 2.14. The number of nitrogens with zero attached hydrogens (tertiary/aromatic N) is 1. The standard InChI is InChI=1S/C8H16N2S/c1-8(7-10)11-6-4-2-3-5-9/h8H,2-4,6-7,10H2,1H3. The number of hydrogen-bond acceptors (Lipinski definition) is 3. The molecule has 0 aromatic carbocycles. The first-order valence-electron chi connectivity index (χ1n) is 4.00. The maximum atomic E-state index is 8.24. The quantitative estimate of drug-likeness (QED) is 0.621. The van der Waals surface area contributed by atoms with Crippen LogP contribution in [0.1, 0.15) is 26.2 Å². The van der Waals surface area contributed by atoms with E-state index in [0.29, 0.717) is 11.7 Å². The summed E-state index contributed by atoms with van der Waals surface area (Å²) in [5.74, 6) is 1.14. The fourth-order valence-electron chi connectivity index (χ4n) is 0.659. The number of rotatable bonds is 6. The Balaban J connectivity index is 2.97. The predicted octanol–water partition coefficient (Wildman–Crippen LogP) is 1.76. The van der Waals surface area contributed by atoms with Gasteiger partial charge in [0.25, 0.3) is 0 Å². The highest BCUT2D eigenvalue weighted by molar-refractivity contribution is 7.99. The summed E-state index contributed by atoms with van der Waals surface area (Å²) < 4.78 is 0. The zero-order valence-electron chi connectivity index (χ0n) is 7.05. The van der Waals surface area contributed by atoms with E-state index in [1.807, 2.05) is 11.8 Å². The third-order valence-corrected chi connectivity index (χ3v) is 2.70. The molecular formula is C8H16N2S. The van der Waals surface area contributed by atoms with Gasteiger partial charge in [0.05, 0.1) is 6.07 Å². The Hall–Kier alpha value is -0.200. The van der Waals surface area contributed by atoms with Crippen molar-refractivity contribution in [1.29, 1.82) is 5.26 Å². The highest BCUT2D eigenvalue weighted by atomic mass is 32.2. The molecule has 0 aliphatic rings. The lowest BCUT2D eigenvalue weighted by atomic mass is 10.3. The topological polar surface area (TPSA) is 49.8 Å². The Bertz CT molecular complexity index is 120. The molecule has 2 N–H and O–H groups in total. The van der Waals surface area contributed by atoms with Crippen molar-refractivity contribution >= 4 is 11.8 Å². The summed E-state index contributed by atoms with van der Waals surface area (Å²) in [5, 5.41) is 8.81. The molecule has 0 amide bonds. The van der Waals surface area contributed by atoms with Gasteiger partial charge in [-0.1, -0.05) is 6.92 Å². The molecule has 0 spiro atoms. The molecule has 1 unspecified atom stereocenters. The van der Waals surface area contributed by atoms with E-state index in [1.54, 1.807) is 0 Å². The van der Waals surface area contributed by atoms with Crippen molar-refractivity contribution < 1.29 is 0 Å². The van der Waals surface area contributed by atoms with Crippen LogP contribution in [-0.4, -0.2) is 17.5 Å². The van der Waals surface area contributed by atoms with Crippen LogP contribution in [0.4, 0.5) is 0 Å². The fraction of sp³-hybridized carbons (Fsp3) is 0.875. The van der Waals surface area contributed by atoms with Crippen molar-refractivity contribution in [3.8, 4) is 6.07 Å². The van der Waals surface area contributed by atoms with Gasteiger partial charge in [0.15, 0.2) is 0 Å². The Morgan fingerprint density at radius 1 is 1.55 bits per heavy atom. The monoisotopic (exact) mass is 172 g/mol. The molecular weight excluding hydrogens is 156 g/mol. The first-order valence-corrected chi connectivity index (χ1v) is 5.04. The lowest BCUT2D eigenvalue weighted by Gasteiger charge is -2.06. The fourth-order valence-corrected chi connectivity index (χ4v) is 1.57. The van der Waals surface area contributed by atoms with Crippen LogP contribution >= 0.6 is 11.8 Å². The summed E-state index contributed by atoms with van der Waals surface area (Å²) in [4.78, 5) is 0. The Morgan fingerprint density at radius 3 is 2.82 bits per heavy atom. The maximum Gasteiger partial charge on any atom is 0.0621 e. The van der Waals surface area contributed by atoms with Crippen molar-refractivity contribution in [3.63, 3.8) is 0 Å². The van der Waals surface area contributed by atoms with Crippen LogP contribution in [0, 0.1) is 11.3 Å². The van der Waals surface area contributed by atoms with Crippen LogP contribution in [0.15, 0.2) is 0 Å². The molecule has 64 valence electrons. The van der Waals surface area contributed by atoms with E-state index in [9.17, 15) is 0 Å². The van der Waals surface area contributed by atoms with Gasteiger partial charge in [-0.2, -0.15) is 17.0 Å². The number of nitrogens with two attached hydrogens (primary N) is 1. The van der Waals surface area contributed by atoms with E-state index in [4.69, 9.17) is 11.0 Å². The molecule has 0 aromatic heterocycles. The van der Waals surface area contributed by atoms with Crippen LogP contribution in [0.3, 0.4) is 0 Å². The molecule has 0 heterocycles. The Morgan fingerprint density at radius 2 is 2.27 bits per heavy atom. The smallest absolute Gasteiger partial charge is 0.0621 e. The van der Waals surface area contributed by atoms with Gasteiger partial charge in [0.1, 0.15) is 0 Å². The molecule has 0 rings (SSSR count). The normalized spacial score (nSPS) is 12.5. The van der Waals surface area contributed by atoms with Crippen LogP contribution in [0.25, 0.3) is 0 Å². The van der Waals surface area contributed by atoms with Gasteiger partial charge in [-0.25, -0.2) is 0 Å². The number of unbranched alkanes of at least 4 members (excludes halogenated alkanes) is 2. The minimum Gasteiger partial charge on any atom is -0.329 e. The summed E-state index contributed by atoms with van der Waals surface area (Å²) in [7, 11) is 0. The highest BCUT2D eigenvalue weighted by Crippen LogP contribution is 2.11. The predicted molar refractivity (Wildman–Crippen MR) is 50.4 cm³/mol. The third kappa shape index (κ3) is 7.70. The zero-order valence-corrected chi connectivity index (χ0v) is 7.86. The first-order chi connectivity index (χ1) is 5.31. The second kappa shape index (κ2) is 7.90. The van der Waals surface area contributed by atoms with Crippen molar-refractivity contribution in [2.75, 3.05) is 12.3 Å². The lowest BCUT2D eigenvalue weighted by molar-refractivity contribution is 0.826. The van der Waals surface area contributed by atoms with Crippen LogP contribution in [0.2, 0.25) is 0 Å². The van der Waals surface area contributed by atoms with E-state index in [0.717, 1.165) is 25.1 Å². The second-order valence-corrected chi connectivity index (χ2v) is 4.08. The van der Waals surface area contributed by atoms with E-state index in [1.165, 1.54) is 0 Å². The summed E-state index contributed by atoms with van der Waals surface area (Å²) in [6.45, 7) is 2.89. The molecule has 0 bridgehead atoms. The summed E-state index contributed by atoms with van der Waals surface area (Å²) in [6.07, 6.45) is 2.86. The van der Waals surface area contributed by atoms with Crippen molar-refractivity contribution in [2.45, 2.75) is 31.4 Å². The minimum atomic E-state index is 0.567. The lowest BCUT2D eigenvalue weighted by Crippen LogP contribution is -2.12. The number of hydrogen-bond donors (Lipinski definition) is 1. The van der Waals surface area contributed by atoms with Crippen LogP contribution in [-0.2, 0) is 0 Å². The average molecular weight is 172 g/mol. The largest absolute Gasteiger partial charge is 0.329 e. The van der Waals surface area contributed by atoms with Crippen molar-refractivity contribution in [2.24, 2.45) is 5.73 Å².